The maximum atomic E-state index is 13.0. The zero-order valence-corrected chi connectivity index (χ0v) is 11.7. The number of rotatable bonds is 3. The Morgan fingerprint density at radius 3 is 2.83 bits per heavy atom. The van der Waals surface area contributed by atoms with Crippen LogP contribution in [0.5, 0.6) is 0 Å². The summed E-state index contributed by atoms with van der Waals surface area (Å²) in [5, 5.41) is 2.99. The van der Waals surface area contributed by atoms with Gasteiger partial charge in [0.05, 0.1) is 11.3 Å². The van der Waals surface area contributed by atoms with E-state index in [1.54, 1.807) is 6.07 Å². The van der Waals surface area contributed by atoms with Gasteiger partial charge in [0.15, 0.2) is 6.29 Å². The molecule has 1 N–H and O–H groups in total. The molecule has 0 aliphatic heterocycles. The molecule has 1 heterocycles. The summed E-state index contributed by atoms with van der Waals surface area (Å²) in [5.74, 6) is -0.0456. The molecule has 1 aromatic heterocycles. The van der Waals surface area contributed by atoms with Crippen LogP contribution in [0.25, 0.3) is 0 Å². The molecule has 0 amide bonds. The molecule has 1 aromatic carbocycles. The van der Waals surface area contributed by atoms with Crippen LogP contribution in [0.15, 0.2) is 24.5 Å². The molecule has 0 aliphatic carbocycles. The number of aldehydes is 1. The Morgan fingerprint density at radius 2 is 2.17 bits per heavy atom. The largest absolute Gasteiger partial charge is 0.339 e. The van der Waals surface area contributed by atoms with Crippen molar-refractivity contribution in [1.82, 2.24) is 9.97 Å². The Bertz CT molecular complexity index is 609. The van der Waals surface area contributed by atoms with Gasteiger partial charge >= 0.3 is 0 Å². The molecule has 0 fully saturated rings. The fourth-order valence-corrected chi connectivity index (χ4v) is 2.09. The molecular formula is C11H6ClFIN3O. The lowest BCUT2D eigenvalue weighted by molar-refractivity contribution is 0.112. The number of halogens is 3. The second kappa shape index (κ2) is 5.57. The van der Waals surface area contributed by atoms with Gasteiger partial charge < -0.3 is 5.32 Å². The number of nitrogens with one attached hydrogen (secondary N) is 1. The second-order valence-corrected chi connectivity index (χ2v) is 4.81. The summed E-state index contributed by atoms with van der Waals surface area (Å²) in [6, 6.07) is 4.24. The minimum atomic E-state index is -0.332. The first-order valence-electron chi connectivity index (χ1n) is 4.79. The van der Waals surface area contributed by atoms with E-state index in [1.807, 2.05) is 22.6 Å². The first-order chi connectivity index (χ1) is 8.61. The third-order valence-electron chi connectivity index (χ3n) is 2.14. The van der Waals surface area contributed by atoms with Crippen molar-refractivity contribution in [1.29, 1.82) is 0 Å². The first-order valence-corrected chi connectivity index (χ1v) is 6.25. The summed E-state index contributed by atoms with van der Waals surface area (Å²) >= 11 is 7.75. The highest BCUT2D eigenvalue weighted by atomic mass is 127. The predicted octanol–water partition coefficient (Wildman–Crippen LogP) is 3.43. The molecule has 2 aromatic rings. The lowest BCUT2D eigenvalue weighted by Crippen LogP contribution is -2.02. The Hall–Kier alpha value is -1.28. The van der Waals surface area contributed by atoms with Crippen molar-refractivity contribution < 1.29 is 9.18 Å². The van der Waals surface area contributed by atoms with E-state index in [0.717, 1.165) is 0 Å². The van der Waals surface area contributed by atoms with Crippen molar-refractivity contribution >= 4 is 52.0 Å². The number of benzene rings is 1. The Labute approximate surface area is 121 Å². The second-order valence-electron chi connectivity index (χ2n) is 3.29. The first kappa shape index (κ1) is 13.2. The Kier molecular flexibility index (Phi) is 4.07. The summed E-state index contributed by atoms with van der Waals surface area (Å²) in [5.41, 5.74) is 0.800. The predicted molar refractivity (Wildman–Crippen MR) is 74.8 cm³/mol. The number of hydrogen-bond acceptors (Lipinski definition) is 4. The summed E-state index contributed by atoms with van der Waals surface area (Å²) in [4.78, 5) is 18.6. The van der Waals surface area contributed by atoms with E-state index in [9.17, 15) is 9.18 Å². The third-order valence-corrected chi connectivity index (χ3v) is 3.33. The van der Waals surface area contributed by atoms with Crippen LogP contribution >= 0.6 is 34.2 Å². The SMILES string of the molecule is O=Cc1c(Cl)ncnc1Nc1ccc(F)cc1I. The fourth-order valence-electron chi connectivity index (χ4n) is 1.30. The summed E-state index contributed by atoms with van der Waals surface area (Å²) in [6.45, 7) is 0. The van der Waals surface area contributed by atoms with Crippen LogP contribution in [0.4, 0.5) is 15.9 Å². The van der Waals surface area contributed by atoms with Gasteiger partial charge in [0.2, 0.25) is 0 Å². The summed E-state index contributed by atoms with van der Waals surface area (Å²) < 4.78 is 13.6. The Balaban J connectivity index is 2.40. The lowest BCUT2D eigenvalue weighted by Gasteiger charge is -2.09. The van der Waals surface area contributed by atoms with Gasteiger partial charge in [-0.3, -0.25) is 4.79 Å². The molecule has 0 radical (unpaired) electrons. The van der Waals surface area contributed by atoms with E-state index in [0.29, 0.717) is 15.5 Å². The number of carbonyl (C=O) groups excluding carboxylic acids is 1. The van der Waals surface area contributed by atoms with E-state index in [1.165, 1.54) is 18.5 Å². The van der Waals surface area contributed by atoms with Crippen LogP contribution in [0.1, 0.15) is 10.4 Å². The standard InChI is InChI=1S/C11H6ClFIN3O/c12-10-7(4-18)11(16-5-15-10)17-9-2-1-6(13)3-8(9)14/h1-5H,(H,15,16,17). The normalized spacial score (nSPS) is 10.2. The van der Waals surface area contributed by atoms with Gasteiger partial charge in [-0.05, 0) is 40.8 Å². The van der Waals surface area contributed by atoms with Crippen LogP contribution in [0.2, 0.25) is 5.15 Å². The van der Waals surface area contributed by atoms with Gasteiger partial charge in [-0.25, -0.2) is 14.4 Å². The molecule has 2 rings (SSSR count). The summed E-state index contributed by atoms with van der Waals surface area (Å²) in [7, 11) is 0. The molecule has 18 heavy (non-hydrogen) atoms. The molecule has 0 aliphatic rings. The van der Waals surface area contributed by atoms with E-state index in [2.05, 4.69) is 15.3 Å². The zero-order valence-electron chi connectivity index (χ0n) is 8.82. The van der Waals surface area contributed by atoms with Gasteiger partial charge in [0.25, 0.3) is 0 Å². The highest BCUT2D eigenvalue weighted by Gasteiger charge is 2.10. The van der Waals surface area contributed by atoms with Gasteiger partial charge in [0.1, 0.15) is 23.1 Å². The monoisotopic (exact) mass is 377 g/mol. The topological polar surface area (TPSA) is 54.9 Å². The minimum Gasteiger partial charge on any atom is -0.339 e. The van der Waals surface area contributed by atoms with E-state index >= 15 is 0 Å². The van der Waals surface area contributed by atoms with Crippen molar-refractivity contribution in [2.45, 2.75) is 0 Å². The zero-order chi connectivity index (χ0) is 13.1. The minimum absolute atomic E-state index is 0.0691. The molecule has 4 nitrogen and oxygen atoms in total. The van der Waals surface area contributed by atoms with Crippen molar-refractivity contribution in [2.24, 2.45) is 0 Å². The maximum absolute atomic E-state index is 13.0. The van der Waals surface area contributed by atoms with E-state index in [-0.39, 0.29) is 22.4 Å². The van der Waals surface area contributed by atoms with Crippen molar-refractivity contribution in [3.05, 3.63) is 44.6 Å². The molecular weight excluding hydrogens is 371 g/mol. The number of carbonyl (C=O) groups is 1. The Morgan fingerprint density at radius 1 is 1.39 bits per heavy atom. The molecule has 0 bridgehead atoms. The van der Waals surface area contributed by atoms with E-state index < -0.39 is 0 Å². The molecule has 7 heteroatoms. The molecule has 0 spiro atoms. The van der Waals surface area contributed by atoms with Crippen molar-refractivity contribution in [2.75, 3.05) is 5.32 Å². The highest BCUT2D eigenvalue weighted by molar-refractivity contribution is 14.1. The molecule has 0 saturated carbocycles. The summed E-state index contributed by atoms with van der Waals surface area (Å²) in [6.07, 6.45) is 1.81. The van der Waals surface area contributed by atoms with Gasteiger partial charge in [-0.15, -0.1) is 0 Å². The average molecular weight is 378 g/mol. The third kappa shape index (κ3) is 2.75. The van der Waals surface area contributed by atoms with Gasteiger partial charge in [0, 0.05) is 3.57 Å². The fraction of sp³-hybridized carbons (Fsp3) is 0. The van der Waals surface area contributed by atoms with Crippen molar-refractivity contribution in [3.63, 3.8) is 0 Å². The number of nitrogens with zero attached hydrogens (tertiary/aromatic N) is 2. The van der Waals surface area contributed by atoms with Crippen LogP contribution in [-0.2, 0) is 0 Å². The highest BCUT2D eigenvalue weighted by Crippen LogP contribution is 2.25. The smallest absolute Gasteiger partial charge is 0.156 e. The number of hydrogen-bond donors (Lipinski definition) is 1. The molecule has 0 saturated heterocycles. The number of aromatic nitrogens is 2. The van der Waals surface area contributed by atoms with Crippen LogP contribution in [0.3, 0.4) is 0 Å². The average Bonchev–Trinajstić information content (AvgIpc) is 2.33. The number of anilines is 2. The quantitative estimate of drug-likeness (QED) is 0.506. The van der Waals surface area contributed by atoms with Crippen molar-refractivity contribution in [3.8, 4) is 0 Å². The van der Waals surface area contributed by atoms with Crippen LogP contribution in [0, 0.1) is 9.39 Å². The van der Waals surface area contributed by atoms with Crippen LogP contribution < -0.4 is 5.32 Å². The van der Waals surface area contributed by atoms with Gasteiger partial charge in [-0.2, -0.15) is 0 Å². The van der Waals surface area contributed by atoms with Crippen LogP contribution in [-0.4, -0.2) is 16.3 Å². The molecule has 0 atom stereocenters. The van der Waals surface area contributed by atoms with E-state index in [4.69, 9.17) is 11.6 Å². The van der Waals surface area contributed by atoms with Gasteiger partial charge in [-0.1, -0.05) is 11.6 Å². The molecule has 0 unspecified atom stereocenters. The lowest BCUT2D eigenvalue weighted by atomic mass is 10.3. The maximum Gasteiger partial charge on any atom is 0.156 e. The molecule has 92 valence electrons.